The zero-order chi connectivity index (χ0) is 15.5. The van der Waals surface area contributed by atoms with Crippen LogP contribution in [-0.2, 0) is 11.2 Å². The van der Waals surface area contributed by atoms with Gasteiger partial charge in [0.1, 0.15) is 5.82 Å². The molecule has 0 bridgehead atoms. The fraction of sp³-hybridized carbons (Fsp3) is 0.176. The summed E-state index contributed by atoms with van der Waals surface area (Å²) in [7, 11) is 0. The van der Waals surface area contributed by atoms with Crippen LogP contribution in [-0.4, -0.2) is 23.2 Å². The van der Waals surface area contributed by atoms with E-state index in [0.717, 1.165) is 23.3 Å². The third kappa shape index (κ3) is 3.34. The number of hydrogen-bond acceptors (Lipinski definition) is 2. The zero-order valence-corrected chi connectivity index (χ0v) is 12.6. The highest BCUT2D eigenvalue weighted by atomic mass is 35.5. The fourth-order valence-electron chi connectivity index (χ4n) is 2.35. The van der Waals surface area contributed by atoms with Gasteiger partial charge in [-0.3, -0.25) is 4.79 Å². The fourth-order valence-corrected chi connectivity index (χ4v) is 2.48. The number of carbonyl (C=O) groups is 1. The molecular formula is C17H14ClFN2O. The van der Waals surface area contributed by atoms with Gasteiger partial charge in [-0.05, 0) is 35.4 Å². The Hall–Kier alpha value is -2.20. The normalized spacial score (nSPS) is 14.1. The van der Waals surface area contributed by atoms with E-state index in [4.69, 9.17) is 11.6 Å². The van der Waals surface area contributed by atoms with Crippen LogP contribution in [0, 0.1) is 5.82 Å². The summed E-state index contributed by atoms with van der Waals surface area (Å²) in [5, 5.41) is 6.54. The summed E-state index contributed by atoms with van der Waals surface area (Å²) in [5.41, 5.74) is 2.63. The molecule has 1 aliphatic rings. The standard InChI is InChI=1S/C17H14ClFN2O/c18-14-5-3-13(4-6-14)16-9-10-21(20-16)17(22)11-12-1-7-15(19)8-2-12/h1-8H,9-11H2. The smallest absolute Gasteiger partial charge is 0.247 e. The molecule has 0 aliphatic carbocycles. The van der Waals surface area contributed by atoms with Gasteiger partial charge < -0.3 is 0 Å². The van der Waals surface area contributed by atoms with Gasteiger partial charge in [0, 0.05) is 11.4 Å². The summed E-state index contributed by atoms with van der Waals surface area (Å²) < 4.78 is 12.9. The van der Waals surface area contributed by atoms with Crippen LogP contribution in [0.5, 0.6) is 0 Å². The van der Waals surface area contributed by atoms with Crippen molar-refractivity contribution in [3.8, 4) is 0 Å². The molecule has 0 fully saturated rings. The molecule has 2 aromatic rings. The van der Waals surface area contributed by atoms with Crippen LogP contribution < -0.4 is 0 Å². The van der Waals surface area contributed by atoms with Gasteiger partial charge in [0.15, 0.2) is 0 Å². The minimum atomic E-state index is -0.305. The van der Waals surface area contributed by atoms with Crippen molar-refractivity contribution in [1.29, 1.82) is 0 Å². The summed E-state index contributed by atoms with van der Waals surface area (Å²) in [4.78, 5) is 12.2. The largest absolute Gasteiger partial charge is 0.273 e. The molecule has 0 aromatic heterocycles. The van der Waals surface area contributed by atoms with Gasteiger partial charge in [0.05, 0.1) is 18.7 Å². The number of hydrogen-bond donors (Lipinski definition) is 0. The molecule has 0 saturated carbocycles. The predicted molar refractivity (Wildman–Crippen MR) is 84.4 cm³/mol. The van der Waals surface area contributed by atoms with Crippen LogP contribution in [0.25, 0.3) is 0 Å². The highest BCUT2D eigenvalue weighted by Crippen LogP contribution is 2.17. The maximum atomic E-state index is 12.9. The molecule has 5 heteroatoms. The number of rotatable bonds is 3. The molecule has 1 aliphatic heterocycles. The summed E-state index contributed by atoms with van der Waals surface area (Å²) in [6, 6.07) is 13.4. The minimum absolute atomic E-state index is 0.0874. The monoisotopic (exact) mass is 316 g/mol. The third-order valence-corrected chi connectivity index (χ3v) is 3.79. The molecular weight excluding hydrogens is 303 g/mol. The first kappa shape index (κ1) is 14.7. The molecule has 0 saturated heterocycles. The van der Waals surface area contributed by atoms with Crippen LogP contribution >= 0.6 is 11.6 Å². The molecule has 0 radical (unpaired) electrons. The summed E-state index contributed by atoms with van der Waals surface area (Å²) in [6.07, 6.45) is 0.939. The predicted octanol–water partition coefficient (Wildman–Crippen LogP) is 3.66. The van der Waals surface area contributed by atoms with Gasteiger partial charge in [-0.15, -0.1) is 0 Å². The van der Waals surface area contributed by atoms with Gasteiger partial charge in [-0.1, -0.05) is 35.9 Å². The van der Waals surface area contributed by atoms with Crippen molar-refractivity contribution in [2.75, 3.05) is 6.54 Å². The van der Waals surface area contributed by atoms with Gasteiger partial charge >= 0.3 is 0 Å². The lowest BCUT2D eigenvalue weighted by molar-refractivity contribution is -0.130. The highest BCUT2D eigenvalue weighted by molar-refractivity contribution is 6.30. The van der Waals surface area contributed by atoms with Crippen LogP contribution in [0.1, 0.15) is 17.5 Å². The van der Waals surface area contributed by atoms with Crippen molar-refractivity contribution in [3.05, 3.63) is 70.5 Å². The summed E-state index contributed by atoms with van der Waals surface area (Å²) >= 11 is 5.87. The quantitative estimate of drug-likeness (QED) is 0.850. The highest BCUT2D eigenvalue weighted by Gasteiger charge is 2.21. The molecule has 1 heterocycles. The number of amides is 1. The number of carbonyl (C=O) groups excluding carboxylic acids is 1. The Bertz CT molecular complexity index is 710. The van der Waals surface area contributed by atoms with Gasteiger partial charge in [0.25, 0.3) is 0 Å². The lowest BCUT2D eigenvalue weighted by Crippen LogP contribution is -2.25. The van der Waals surface area contributed by atoms with Gasteiger partial charge in [-0.2, -0.15) is 5.10 Å². The Labute approximate surface area is 133 Å². The molecule has 22 heavy (non-hydrogen) atoms. The van der Waals surface area contributed by atoms with Crippen molar-refractivity contribution in [2.24, 2.45) is 5.10 Å². The molecule has 3 rings (SSSR count). The van der Waals surface area contributed by atoms with Gasteiger partial charge in [0.2, 0.25) is 5.91 Å². The molecule has 0 atom stereocenters. The molecule has 1 amide bonds. The van der Waals surface area contributed by atoms with E-state index in [0.29, 0.717) is 11.6 Å². The Balaban J connectivity index is 1.69. The van der Waals surface area contributed by atoms with Crippen molar-refractivity contribution in [1.82, 2.24) is 5.01 Å². The topological polar surface area (TPSA) is 32.7 Å². The van der Waals surface area contributed by atoms with Crippen LogP contribution in [0.4, 0.5) is 4.39 Å². The second kappa shape index (κ2) is 6.28. The Kier molecular flexibility index (Phi) is 4.20. The average molecular weight is 317 g/mol. The van der Waals surface area contributed by atoms with Crippen molar-refractivity contribution >= 4 is 23.2 Å². The third-order valence-electron chi connectivity index (χ3n) is 3.54. The first-order valence-corrected chi connectivity index (χ1v) is 7.38. The minimum Gasteiger partial charge on any atom is -0.273 e. The molecule has 0 unspecified atom stereocenters. The van der Waals surface area contributed by atoms with E-state index < -0.39 is 0 Å². The van der Waals surface area contributed by atoms with Crippen LogP contribution in [0.15, 0.2) is 53.6 Å². The molecule has 0 N–H and O–H groups in total. The molecule has 112 valence electrons. The number of hydrazone groups is 1. The second-order valence-electron chi connectivity index (χ2n) is 5.12. The number of nitrogens with zero attached hydrogens (tertiary/aromatic N) is 2. The summed E-state index contributed by atoms with van der Waals surface area (Å²) in [6.45, 7) is 0.567. The van der Waals surface area contributed by atoms with E-state index >= 15 is 0 Å². The van der Waals surface area contributed by atoms with Crippen molar-refractivity contribution < 1.29 is 9.18 Å². The maximum absolute atomic E-state index is 12.9. The zero-order valence-electron chi connectivity index (χ0n) is 11.8. The van der Waals surface area contributed by atoms with E-state index in [1.54, 1.807) is 12.1 Å². The summed E-state index contributed by atoms with van der Waals surface area (Å²) in [5.74, 6) is -0.393. The molecule has 2 aromatic carbocycles. The number of halogens is 2. The lowest BCUT2D eigenvalue weighted by atomic mass is 10.1. The van der Waals surface area contributed by atoms with Crippen LogP contribution in [0.2, 0.25) is 5.02 Å². The molecule has 3 nitrogen and oxygen atoms in total. The second-order valence-corrected chi connectivity index (χ2v) is 5.56. The van der Waals surface area contributed by atoms with E-state index in [1.807, 2.05) is 24.3 Å². The van der Waals surface area contributed by atoms with Crippen molar-refractivity contribution in [3.63, 3.8) is 0 Å². The van der Waals surface area contributed by atoms with E-state index in [1.165, 1.54) is 17.1 Å². The van der Waals surface area contributed by atoms with Gasteiger partial charge in [-0.25, -0.2) is 9.40 Å². The Morgan fingerprint density at radius 3 is 2.50 bits per heavy atom. The average Bonchev–Trinajstić information content (AvgIpc) is 3.00. The van der Waals surface area contributed by atoms with Crippen LogP contribution in [0.3, 0.4) is 0 Å². The maximum Gasteiger partial charge on any atom is 0.247 e. The molecule has 0 spiro atoms. The lowest BCUT2D eigenvalue weighted by Gasteiger charge is -2.11. The first-order chi connectivity index (χ1) is 10.6. The van der Waals surface area contributed by atoms with E-state index in [2.05, 4.69) is 5.10 Å². The van der Waals surface area contributed by atoms with Crippen molar-refractivity contribution in [2.45, 2.75) is 12.8 Å². The Morgan fingerprint density at radius 1 is 1.14 bits per heavy atom. The SMILES string of the molecule is O=C(Cc1ccc(F)cc1)N1CCC(c2ccc(Cl)cc2)=N1. The first-order valence-electron chi connectivity index (χ1n) is 7.00. The van der Waals surface area contributed by atoms with E-state index in [-0.39, 0.29) is 18.1 Å². The van der Waals surface area contributed by atoms with E-state index in [9.17, 15) is 9.18 Å². The Morgan fingerprint density at radius 2 is 1.82 bits per heavy atom. The number of benzene rings is 2.